The summed E-state index contributed by atoms with van der Waals surface area (Å²) in [5.74, 6) is 1.36. The van der Waals surface area contributed by atoms with E-state index in [1.165, 1.54) is 0 Å². The van der Waals surface area contributed by atoms with Gasteiger partial charge in [-0.15, -0.1) is 0 Å². The lowest BCUT2D eigenvalue weighted by Crippen LogP contribution is -2.49. The highest BCUT2D eigenvalue weighted by atomic mass is 16.5. The number of amides is 2. The van der Waals surface area contributed by atoms with Crippen LogP contribution in [0.25, 0.3) is 0 Å². The van der Waals surface area contributed by atoms with Gasteiger partial charge in [-0.2, -0.15) is 0 Å². The van der Waals surface area contributed by atoms with Crippen LogP contribution in [0.1, 0.15) is 44.2 Å². The number of hydrogen-bond donors (Lipinski definition) is 1. The van der Waals surface area contributed by atoms with Gasteiger partial charge in [-0.05, 0) is 55.7 Å². The predicted molar refractivity (Wildman–Crippen MR) is 99.8 cm³/mol. The molecule has 2 heterocycles. The fraction of sp³-hybridized carbons (Fsp3) is 0.650. The summed E-state index contributed by atoms with van der Waals surface area (Å²) in [6.45, 7) is 5.36. The second-order valence-corrected chi connectivity index (χ2v) is 7.39. The van der Waals surface area contributed by atoms with Crippen molar-refractivity contribution >= 4 is 6.03 Å². The molecule has 6 nitrogen and oxygen atoms in total. The van der Waals surface area contributed by atoms with E-state index in [0.717, 1.165) is 57.6 Å². The highest BCUT2D eigenvalue weighted by Crippen LogP contribution is 2.40. The molecule has 0 aliphatic carbocycles. The molecule has 2 aliphatic rings. The van der Waals surface area contributed by atoms with Gasteiger partial charge in [0.25, 0.3) is 0 Å². The van der Waals surface area contributed by atoms with Gasteiger partial charge in [0.05, 0.1) is 20.3 Å². The number of methoxy groups -OCH3 is 2. The van der Waals surface area contributed by atoms with E-state index in [9.17, 15) is 4.79 Å². The molecule has 1 N–H and O–H groups in total. The van der Waals surface area contributed by atoms with E-state index in [4.69, 9.17) is 14.2 Å². The third kappa shape index (κ3) is 4.06. The average molecular weight is 362 g/mol. The smallest absolute Gasteiger partial charge is 0.317 e. The molecule has 26 heavy (non-hydrogen) atoms. The molecule has 0 bridgehead atoms. The van der Waals surface area contributed by atoms with Gasteiger partial charge in [-0.3, -0.25) is 0 Å². The van der Waals surface area contributed by atoms with E-state index in [-0.39, 0.29) is 12.1 Å². The van der Waals surface area contributed by atoms with Crippen molar-refractivity contribution in [2.24, 2.45) is 5.41 Å². The minimum atomic E-state index is -0.0960. The number of hydrogen-bond acceptors (Lipinski definition) is 4. The Morgan fingerprint density at radius 3 is 2.38 bits per heavy atom. The van der Waals surface area contributed by atoms with Crippen LogP contribution in [0, 0.1) is 5.41 Å². The first-order chi connectivity index (χ1) is 12.6. The number of ether oxygens (including phenoxy) is 3. The number of nitrogens with zero attached hydrogens (tertiary/aromatic N) is 1. The largest absolute Gasteiger partial charge is 0.493 e. The maximum atomic E-state index is 12.7. The minimum absolute atomic E-state index is 0.00851. The lowest BCUT2D eigenvalue weighted by molar-refractivity contribution is -0.0146. The first kappa shape index (κ1) is 18.8. The summed E-state index contributed by atoms with van der Waals surface area (Å²) in [6.07, 6.45) is 4.41. The maximum absolute atomic E-state index is 12.7. The Morgan fingerprint density at radius 2 is 1.77 bits per heavy atom. The fourth-order valence-corrected chi connectivity index (χ4v) is 3.97. The zero-order valence-electron chi connectivity index (χ0n) is 16.0. The van der Waals surface area contributed by atoms with Crippen LogP contribution in [-0.2, 0) is 4.74 Å². The standard InChI is InChI=1S/C20H30N2O4/c1-15(16-4-5-17(24-2)18(14-16)25-3)21-19(23)22-10-6-20(7-11-22)8-12-26-13-9-20/h4-5,14-15H,6-13H2,1-3H3,(H,21,23). The zero-order valence-corrected chi connectivity index (χ0v) is 16.0. The predicted octanol–water partition coefficient (Wildman–Crippen LogP) is 3.37. The van der Waals surface area contributed by atoms with Gasteiger partial charge in [-0.1, -0.05) is 6.07 Å². The summed E-state index contributed by atoms with van der Waals surface area (Å²) >= 11 is 0. The second kappa shape index (κ2) is 8.16. The quantitative estimate of drug-likeness (QED) is 0.892. The summed E-state index contributed by atoms with van der Waals surface area (Å²) in [5, 5.41) is 3.11. The zero-order chi connectivity index (χ0) is 18.6. The Labute approximate surface area is 155 Å². The number of piperidine rings is 1. The lowest BCUT2D eigenvalue weighted by Gasteiger charge is -2.44. The number of rotatable bonds is 4. The van der Waals surface area contributed by atoms with Crippen LogP contribution in [0.3, 0.4) is 0 Å². The van der Waals surface area contributed by atoms with Crippen molar-refractivity contribution in [2.45, 2.75) is 38.6 Å². The van der Waals surface area contributed by atoms with Crippen molar-refractivity contribution in [1.29, 1.82) is 0 Å². The third-order valence-electron chi connectivity index (χ3n) is 5.91. The van der Waals surface area contributed by atoms with Crippen LogP contribution in [0.15, 0.2) is 18.2 Å². The Hall–Kier alpha value is -1.95. The van der Waals surface area contributed by atoms with Gasteiger partial charge in [0.15, 0.2) is 11.5 Å². The summed E-state index contributed by atoms with van der Waals surface area (Å²) in [4.78, 5) is 14.6. The van der Waals surface area contributed by atoms with Crippen LogP contribution in [0.5, 0.6) is 11.5 Å². The molecule has 1 aromatic rings. The molecule has 144 valence electrons. The molecule has 1 aromatic carbocycles. The molecule has 3 rings (SSSR count). The number of likely N-dealkylation sites (tertiary alicyclic amines) is 1. The molecular formula is C20H30N2O4. The molecule has 0 saturated carbocycles. The Balaban J connectivity index is 1.56. The van der Waals surface area contributed by atoms with Crippen molar-refractivity contribution in [3.63, 3.8) is 0 Å². The van der Waals surface area contributed by atoms with Crippen LogP contribution in [-0.4, -0.2) is 51.5 Å². The van der Waals surface area contributed by atoms with Gasteiger partial charge in [0, 0.05) is 26.3 Å². The van der Waals surface area contributed by atoms with Gasteiger partial charge in [0.1, 0.15) is 0 Å². The highest BCUT2D eigenvalue weighted by Gasteiger charge is 2.37. The summed E-state index contributed by atoms with van der Waals surface area (Å²) in [6, 6.07) is 5.65. The molecule has 0 radical (unpaired) electrons. The van der Waals surface area contributed by atoms with E-state index in [2.05, 4.69) is 5.32 Å². The van der Waals surface area contributed by atoms with E-state index in [0.29, 0.717) is 16.9 Å². The van der Waals surface area contributed by atoms with Crippen LogP contribution < -0.4 is 14.8 Å². The normalized spacial score (nSPS) is 20.5. The Morgan fingerprint density at radius 1 is 1.12 bits per heavy atom. The van der Waals surface area contributed by atoms with E-state index in [1.807, 2.05) is 30.0 Å². The number of carbonyl (C=O) groups is 1. The summed E-state index contributed by atoms with van der Waals surface area (Å²) in [5.41, 5.74) is 1.39. The molecule has 0 aromatic heterocycles. The number of benzene rings is 1. The SMILES string of the molecule is COc1ccc(C(C)NC(=O)N2CCC3(CCOCC3)CC2)cc1OC. The fourth-order valence-electron chi connectivity index (χ4n) is 3.97. The van der Waals surface area contributed by atoms with Crippen molar-refractivity contribution in [2.75, 3.05) is 40.5 Å². The molecule has 2 amide bonds. The summed E-state index contributed by atoms with van der Waals surface area (Å²) in [7, 11) is 3.23. The maximum Gasteiger partial charge on any atom is 0.317 e. The summed E-state index contributed by atoms with van der Waals surface area (Å²) < 4.78 is 16.1. The van der Waals surface area contributed by atoms with Gasteiger partial charge < -0.3 is 24.4 Å². The van der Waals surface area contributed by atoms with Crippen molar-refractivity contribution in [3.05, 3.63) is 23.8 Å². The van der Waals surface area contributed by atoms with Crippen LogP contribution >= 0.6 is 0 Å². The first-order valence-electron chi connectivity index (χ1n) is 9.42. The first-order valence-corrected chi connectivity index (χ1v) is 9.42. The van der Waals surface area contributed by atoms with Crippen molar-refractivity contribution in [3.8, 4) is 11.5 Å². The second-order valence-electron chi connectivity index (χ2n) is 7.39. The molecule has 2 aliphatic heterocycles. The molecule has 2 saturated heterocycles. The van der Waals surface area contributed by atoms with E-state index >= 15 is 0 Å². The van der Waals surface area contributed by atoms with Crippen LogP contribution in [0.2, 0.25) is 0 Å². The monoisotopic (exact) mass is 362 g/mol. The molecule has 1 atom stereocenters. The topological polar surface area (TPSA) is 60.0 Å². The molecule has 1 unspecified atom stereocenters. The van der Waals surface area contributed by atoms with Gasteiger partial charge in [0.2, 0.25) is 0 Å². The van der Waals surface area contributed by atoms with E-state index in [1.54, 1.807) is 14.2 Å². The Bertz CT molecular complexity index is 618. The minimum Gasteiger partial charge on any atom is -0.493 e. The molecule has 6 heteroatoms. The number of nitrogens with one attached hydrogen (secondary N) is 1. The molecule has 2 fully saturated rings. The highest BCUT2D eigenvalue weighted by molar-refractivity contribution is 5.74. The molecular weight excluding hydrogens is 332 g/mol. The molecule has 1 spiro atoms. The third-order valence-corrected chi connectivity index (χ3v) is 5.91. The van der Waals surface area contributed by atoms with Gasteiger partial charge in [-0.25, -0.2) is 4.79 Å². The average Bonchev–Trinajstić information content (AvgIpc) is 2.68. The van der Waals surface area contributed by atoms with Crippen molar-refractivity contribution < 1.29 is 19.0 Å². The lowest BCUT2D eigenvalue weighted by atomic mass is 9.72. The number of urea groups is 1. The van der Waals surface area contributed by atoms with Crippen molar-refractivity contribution in [1.82, 2.24) is 10.2 Å². The van der Waals surface area contributed by atoms with E-state index < -0.39 is 0 Å². The van der Waals surface area contributed by atoms with Gasteiger partial charge >= 0.3 is 6.03 Å². The van der Waals surface area contributed by atoms with Crippen LogP contribution in [0.4, 0.5) is 4.79 Å². The number of carbonyl (C=O) groups excluding carboxylic acids is 1. The Kier molecular flexibility index (Phi) is 5.91.